The number of rotatable bonds is 11. The van der Waals surface area contributed by atoms with E-state index >= 15 is 0 Å². The van der Waals surface area contributed by atoms with E-state index in [1.807, 2.05) is 12.2 Å². The van der Waals surface area contributed by atoms with Gasteiger partial charge < -0.3 is 24.8 Å². The number of carboxylic acid groups (broad SMARTS) is 1. The van der Waals surface area contributed by atoms with E-state index < -0.39 is 18.2 Å². The third-order valence-corrected chi connectivity index (χ3v) is 4.47. The molecule has 7 heteroatoms. The molecule has 0 unspecified atom stereocenters. The summed E-state index contributed by atoms with van der Waals surface area (Å²) in [4.78, 5) is 10.5. The summed E-state index contributed by atoms with van der Waals surface area (Å²) < 4.78 is 23.8. The predicted octanol–water partition coefficient (Wildman–Crippen LogP) is 2.70. The Morgan fingerprint density at radius 1 is 1.32 bits per heavy atom. The fourth-order valence-corrected chi connectivity index (χ4v) is 2.91. The molecule has 0 radical (unpaired) electrons. The van der Waals surface area contributed by atoms with Gasteiger partial charge in [-0.2, -0.15) is 0 Å². The number of hydrogen-bond acceptors (Lipinski definition) is 5. The molecule has 1 aromatic rings. The van der Waals surface area contributed by atoms with Gasteiger partial charge in [-0.1, -0.05) is 24.3 Å². The highest BCUT2D eigenvalue weighted by atomic mass is 19.1. The summed E-state index contributed by atoms with van der Waals surface area (Å²) in [5, 5.41) is 28.7. The van der Waals surface area contributed by atoms with Gasteiger partial charge in [-0.15, -0.1) is 0 Å². The number of aliphatic carboxylic acids is 1. The largest absolute Gasteiger partial charge is 0.491 e. The van der Waals surface area contributed by atoms with E-state index in [0.717, 1.165) is 0 Å². The lowest BCUT2D eigenvalue weighted by Gasteiger charge is -2.16. The van der Waals surface area contributed by atoms with Gasteiger partial charge in [0.25, 0.3) is 0 Å². The second-order valence-electron chi connectivity index (χ2n) is 6.74. The number of aliphatic hydroxyl groups excluding tert-OH is 2. The summed E-state index contributed by atoms with van der Waals surface area (Å²) in [6.45, 7) is 0.250. The average Bonchev–Trinajstić information content (AvgIpc) is 3.02. The maximum absolute atomic E-state index is 12.9. The number of benzene rings is 1. The Bertz CT molecular complexity index is 657. The van der Waals surface area contributed by atoms with Crippen LogP contribution in [0.5, 0.6) is 5.75 Å². The van der Waals surface area contributed by atoms with E-state index in [0.29, 0.717) is 25.0 Å². The first kappa shape index (κ1) is 22.1. The minimum absolute atomic E-state index is 0.0194. The normalized spacial score (nSPS) is 23.5. The minimum atomic E-state index is -0.862. The number of carbonyl (C=O) groups is 1. The van der Waals surface area contributed by atoms with Gasteiger partial charge in [-0.25, -0.2) is 4.39 Å². The van der Waals surface area contributed by atoms with E-state index in [9.17, 15) is 19.4 Å². The second-order valence-corrected chi connectivity index (χ2v) is 6.74. The molecule has 1 fully saturated rings. The van der Waals surface area contributed by atoms with Crippen molar-refractivity contribution in [1.29, 1.82) is 0 Å². The van der Waals surface area contributed by atoms with Gasteiger partial charge in [0, 0.05) is 12.3 Å². The summed E-state index contributed by atoms with van der Waals surface area (Å²) >= 11 is 0. The van der Waals surface area contributed by atoms with Crippen molar-refractivity contribution in [2.75, 3.05) is 13.2 Å². The first-order valence-corrected chi connectivity index (χ1v) is 9.37. The smallest absolute Gasteiger partial charge is 0.303 e. The highest BCUT2D eigenvalue weighted by molar-refractivity contribution is 5.66. The molecular weight excluding hydrogens is 367 g/mol. The van der Waals surface area contributed by atoms with Crippen molar-refractivity contribution in [1.82, 2.24) is 0 Å². The molecule has 0 spiro atoms. The Labute approximate surface area is 163 Å². The Morgan fingerprint density at radius 3 is 2.79 bits per heavy atom. The molecule has 1 aromatic carbocycles. The molecule has 2 rings (SSSR count). The number of carboxylic acids is 1. The fraction of sp³-hybridized carbons (Fsp3) is 0.476. The highest BCUT2D eigenvalue weighted by Crippen LogP contribution is 2.26. The molecule has 1 aliphatic rings. The Balaban J connectivity index is 1.75. The third kappa shape index (κ3) is 7.80. The molecule has 1 aliphatic heterocycles. The van der Waals surface area contributed by atoms with Crippen molar-refractivity contribution in [3.8, 4) is 5.75 Å². The third-order valence-electron chi connectivity index (χ3n) is 4.47. The molecule has 0 aliphatic carbocycles. The van der Waals surface area contributed by atoms with Gasteiger partial charge in [-0.05, 0) is 43.5 Å². The number of ether oxygens (including phenoxy) is 2. The van der Waals surface area contributed by atoms with Crippen LogP contribution in [0.25, 0.3) is 0 Å². The second kappa shape index (κ2) is 11.6. The van der Waals surface area contributed by atoms with Crippen molar-refractivity contribution < 1.29 is 34.0 Å². The molecule has 1 heterocycles. The van der Waals surface area contributed by atoms with Crippen LogP contribution in [0.15, 0.2) is 48.6 Å². The van der Waals surface area contributed by atoms with Crippen molar-refractivity contribution in [3.05, 3.63) is 54.4 Å². The lowest BCUT2D eigenvalue weighted by molar-refractivity contribution is -0.137. The van der Waals surface area contributed by atoms with Gasteiger partial charge in [0.2, 0.25) is 0 Å². The Kier molecular flexibility index (Phi) is 9.13. The van der Waals surface area contributed by atoms with Crippen LogP contribution in [0.1, 0.15) is 25.7 Å². The molecule has 0 aromatic heterocycles. The molecule has 4 atom stereocenters. The zero-order valence-corrected chi connectivity index (χ0v) is 15.6. The van der Waals surface area contributed by atoms with E-state index in [1.165, 1.54) is 24.3 Å². The van der Waals surface area contributed by atoms with E-state index in [4.69, 9.17) is 14.6 Å². The van der Waals surface area contributed by atoms with Crippen LogP contribution in [-0.4, -0.2) is 52.8 Å². The number of allylic oxidation sites excluding steroid dienone is 2. The molecular formula is C21H27FO6. The first-order valence-electron chi connectivity index (χ1n) is 9.37. The maximum Gasteiger partial charge on any atom is 0.303 e. The standard InChI is InChI=1S/C21H27FO6/c22-15-7-10-17(11-8-15)27-13-16(23)9-12-20-18(19(24)14-28-20)5-3-1-2-4-6-21(25)26/h1,3,7-12,16,18-20,23-24H,2,4-6,13-14H2,(H,25,26)/b3-1-,12-9+/t16-,18-,19-,20+/m0/s1. The zero-order valence-electron chi connectivity index (χ0n) is 15.6. The van der Waals surface area contributed by atoms with Crippen LogP contribution in [0, 0.1) is 11.7 Å². The summed E-state index contributed by atoms with van der Waals surface area (Å²) in [7, 11) is 0. The predicted molar refractivity (Wildman–Crippen MR) is 102 cm³/mol. The maximum atomic E-state index is 12.9. The van der Waals surface area contributed by atoms with E-state index in [2.05, 4.69) is 0 Å². The fourth-order valence-electron chi connectivity index (χ4n) is 2.91. The molecule has 3 N–H and O–H groups in total. The van der Waals surface area contributed by atoms with E-state index in [-0.39, 0.29) is 37.5 Å². The van der Waals surface area contributed by atoms with E-state index in [1.54, 1.807) is 12.2 Å². The zero-order chi connectivity index (χ0) is 20.4. The molecule has 1 saturated heterocycles. The molecule has 0 bridgehead atoms. The minimum Gasteiger partial charge on any atom is -0.491 e. The number of halogens is 1. The van der Waals surface area contributed by atoms with Crippen LogP contribution in [0.3, 0.4) is 0 Å². The number of unbranched alkanes of at least 4 members (excludes halogenated alkanes) is 1. The van der Waals surface area contributed by atoms with Crippen LogP contribution in [-0.2, 0) is 9.53 Å². The molecule has 28 heavy (non-hydrogen) atoms. The average molecular weight is 394 g/mol. The van der Waals surface area contributed by atoms with Gasteiger partial charge >= 0.3 is 5.97 Å². The quantitative estimate of drug-likeness (QED) is 0.395. The molecule has 0 amide bonds. The SMILES string of the molecule is O=C(O)CCC/C=C\C[C@H]1[C@@H](O)CO[C@@H]1/C=C/[C@H](O)COc1ccc(F)cc1. The van der Waals surface area contributed by atoms with Gasteiger partial charge in [0.15, 0.2) is 0 Å². The first-order chi connectivity index (χ1) is 13.5. The van der Waals surface area contributed by atoms with Crippen molar-refractivity contribution >= 4 is 5.97 Å². The van der Waals surface area contributed by atoms with Gasteiger partial charge in [-0.3, -0.25) is 4.79 Å². The van der Waals surface area contributed by atoms with Gasteiger partial charge in [0.1, 0.15) is 24.3 Å². The lowest BCUT2D eigenvalue weighted by atomic mass is 9.94. The monoisotopic (exact) mass is 394 g/mol. The summed E-state index contributed by atoms with van der Waals surface area (Å²) in [6.07, 6.45) is 7.36. The summed E-state index contributed by atoms with van der Waals surface area (Å²) in [6, 6.07) is 5.54. The highest BCUT2D eigenvalue weighted by Gasteiger charge is 2.33. The summed E-state index contributed by atoms with van der Waals surface area (Å²) in [5.41, 5.74) is 0. The molecule has 6 nitrogen and oxygen atoms in total. The number of hydrogen-bond donors (Lipinski definition) is 3. The molecule has 0 saturated carbocycles. The Morgan fingerprint density at radius 2 is 2.07 bits per heavy atom. The van der Waals surface area contributed by atoms with Crippen molar-refractivity contribution in [2.45, 2.75) is 44.0 Å². The molecule has 154 valence electrons. The van der Waals surface area contributed by atoms with Crippen LogP contribution in [0.4, 0.5) is 4.39 Å². The van der Waals surface area contributed by atoms with Crippen molar-refractivity contribution in [3.63, 3.8) is 0 Å². The summed E-state index contributed by atoms with van der Waals surface area (Å²) in [5.74, 6) is -0.823. The van der Waals surface area contributed by atoms with Gasteiger partial charge in [0.05, 0.1) is 18.8 Å². The van der Waals surface area contributed by atoms with Crippen LogP contribution in [0.2, 0.25) is 0 Å². The topological polar surface area (TPSA) is 96.2 Å². The van der Waals surface area contributed by atoms with Crippen LogP contribution >= 0.6 is 0 Å². The Hall–Kier alpha value is -2.22. The lowest BCUT2D eigenvalue weighted by Crippen LogP contribution is -2.23. The van der Waals surface area contributed by atoms with Crippen LogP contribution < -0.4 is 4.74 Å². The number of aliphatic hydroxyl groups is 2. The van der Waals surface area contributed by atoms with Crippen molar-refractivity contribution in [2.24, 2.45) is 5.92 Å².